The fraction of sp³-hybridized carbons (Fsp3) is 0.647. The van der Waals surface area contributed by atoms with Gasteiger partial charge in [-0.3, -0.25) is 0 Å². The summed E-state index contributed by atoms with van der Waals surface area (Å²) in [4.78, 5) is 0. The van der Waals surface area contributed by atoms with E-state index in [0.29, 0.717) is 12.1 Å². The molecule has 3 heteroatoms. The first kappa shape index (κ1) is 16.8. The average Bonchev–Trinajstić information content (AvgIpc) is 2.37. The van der Waals surface area contributed by atoms with Gasteiger partial charge in [0.25, 0.3) is 0 Å². The van der Waals surface area contributed by atoms with Crippen molar-refractivity contribution in [3.63, 3.8) is 0 Å². The van der Waals surface area contributed by atoms with Crippen LogP contribution in [-0.4, -0.2) is 26.3 Å². The minimum Gasteiger partial charge on any atom is -0.493 e. The Bertz CT molecular complexity index is 423. The van der Waals surface area contributed by atoms with E-state index in [1.54, 1.807) is 14.2 Å². The van der Waals surface area contributed by atoms with Crippen molar-refractivity contribution in [2.45, 2.75) is 53.1 Å². The van der Waals surface area contributed by atoms with Gasteiger partial charge in [0.2, 0.25) is 0 Å². The summed E-state index contributed by atoms with van der Waals surface area (Å²) in [5.74, 6) is 1.57. The molecular formula is C17H29NO2. The van der Waals surface area contributed by atoms with Gasteiger partial charge in [-0.2, -0.15) is 0 Å². The zero-order chi connectivity index (χ0) is 15.3. The Morgan fingerprint density at radius 2 is 1.65 bits per heavy atom. The van der Waals surface area contributed by atoms with Crippen LogP contribution >= 0.6 is 0 Å². The molecule has 0 fully saturated rings. The molecule has 0 saturated carbocycles. The summed E-state index contributed by atoms with van der Waals surface area (Å²) >= 11 is 0. The monoisotopic (exact) mass is 279 g/mol. The molecule has 0 aliphatic heterocycles. The molecule has 0 spiro atoms. The SMILES string of the molecule is COc1ccc(CC(C)NC(C)C(C)(C)C)cc1OC. The van der Waals surface area contributed by atoms with E-state index in [1.165, 1.54) is 5.56 Å². The highest BCUT2D eigenvalue weighted by molar-refractivity contribution is 5.43. The standard InChI is InChI=1S/C17H29NO2/c1-12(18-13(2)17(3,4)5)10-14-8-9-15(19-6)16(11-14)20-7/h8-9,11-13,18H,10H2,1-7H3. The summed E-state index contributed by atoms with van der Waals surface area (Å²) in [6.45, 7) is 11.2. The van der Waals surface area contributed by atoms with Gasteiger partial charge in [-0.15, -0.1) is 0 Å². The van der Waals surface area contributed by atoms with Crippen LogP contribution in [-0.2, 0) is 6.42 Å². The average molecular weight is 279 g/mol. The molecule has 0 aliphatic carbocycles. The second kappa shape index (κ2) is 6.98. The van der Waals surface area contributed by atoms with Crippen LogP contribution in [0.5, 0.6) is 11.5 Å². The minimum atomic E-state index is 0.270. The first-order valence-corrected chi connectivity index (χ1v) is 7.25. The van der Waals surface area contributed by atoms with Crippen molar-refractivity contribution in [3.8, 4) is 11.5 Å². The van der Waals surface area contributed by atoms with Gasteiger partial charge in [0, 0.05) is 12.1 Å². The number of benzene rings is 1. The van der Waals surface area contributed by atoms with E-state index in [1.807, 2.05) is 6.07 Å². The van der Waals surface area contributed by atoms with Crippen LogP contribution < -0.4 is 14.8 Å². The lowest BCUT2D eigenvalue weighted by atomic mass is 9.87. The zero-order valence-electron chi connectivity index (χ0n) is 13.9. The molecule has 0 saturated heterocycles. The largest absolute Gasteiger partial charge is 0.493 e. The fourth-order valence-corrected chi connectivity index (χ4v) is 2.10. The van der Waals surface area contributed by atoms with Crippen molar-refractivity contribution >= 4 is 0 Å². The Morgan fingerprint density at radius 1 is 1.05 bits per heavy atom. The highest BCUT2D eigenvalue weighted by Gasteiger charge is 2.21. The maximum atomic E-state index is 5.35. The molecule has 3 nitrogen and oxygen atoms in total. The summed E-state index contributed by atoms with van der Waals surface area (Å²) in [6, 6.07) is 7.01. The van der Waals surface area contributed by atoms with Gasteiger partial charge >= 0.3 is 0 Å². The molecule has 20 heavy (non-hydrogen) atoms. The van der Waals surface area contributed by atoms with Crippen molar-refractivity contribution in [2.24, 2.45) is 5.41 Å². The highest BCUT2D eigenvalue weighted by Crippen LogP contribution is 2.28. The number of hydrogen-bond donors (Lipinski definition) is 1. The lowest BCUT2D eigenvalue weighted by molar-refractivity contribution is 0.266. The van der Waals surface area contributed by atoms with E-state index < -0.39 is 0 Å². The van der Waals surface area contributed by atoms with Crippen molar-refractivity contribution in [1.82, 2.24) is 5.32 Å². The molecule has 1 aromatic rings. The van der Waals surface area contributed by atoms with Crippen molar-refractivity contribution in [3.05, 3.63) is 23.8 Å². The molecule has 0 aromatic heterocycles. The summed E-state index contributed by atoms with van der Waals surface area (Å²) < 4.78 is 10.6. The van der Waals surface area contributed by atoms with Crippen LogP contribution in [0.4, 0.5) is 0 Å². The van der Waals surface area contributed by atoms with Gasteiger partial charge in [0.1, 0.15) is 0 Å². The van der Waals surface area contributed by atoms with Crippen molar-refractivity contribution < 1.29 is 9.47 Å². The number of hydrogen-bond acceptors (Lipinski definition) is 3. The van der Waals surface area contributed by atoms with Gasteiger partial charge in [0.05, 0.1) is 14.2 Å². The Kier molecular flexibility index (Phi) is 5.88. The first-order valence-electron chi connectivity index (χ1n) is 7.25. The van der Waals surface area contributed by atoms with E-state index in [9.17, 15) is 0 Å². The molecular weight excluding hydrogens is 250 g/mol. The van der Waals surface area contributed by atoms with Crippen LogP contribution in [0.3, 0.4) is 0 Å². The zero-order valence-corrected chi connectivity index (χ0v) is 13.9. The van der Waals surface area contributed by atoms with Gasteiger partial charge in [0.15, 0.2) is 11.5 Å². The third-order valence-corrected chi connectivity index (χ3v) is 3.82. The molecule has 0 radical (unpaired) electrons. The lowest BCUT2D eigenvalue weighted by Crippen LogP contribution is -2.43. The van der Waals surface area contributed by atoms with Crippen LogP contribution in [0.1, 0.15) is 40.2 Å². The molecule has 0 amide bonds. The van der Waals surface area contributed by atoms with Crippen LogP contribution in [0.25, 0.3) is 0 Å². The second-order valence-electron chi connectivity index (χ2n) is 6.55. The molecule has 0 aliphatic rings. The molecule has 0 heterocycles. The topological polar surface area (TPSA) is 30.5 Å². The Balaban J connectivity index is 2.69. The minimum absolute atomic E-state index is 0.270. The smallest absolute Gasteiger partial charge is 0.160 e. The molecule has 1 N–H and O–H groups in total. The quantitative estimate of drug-likeness (QED) is 0.862. The second-order valence-corrected chi connectivity index (χ2v) is 6.55. The summed E-state index contributed by atoms with van der Waals surface area (Å²) in [5, 5.41) is 3.66. The molecule has 2 atom stereocenters. The van der Waals surface area contributed by atoms with E-state index in [2.05, 4.69) is 52.1 Å². The van der Waals surface area contributed by atoms with Crippen molar-refractivity contribution in [2.75, 3.05) is 14.2 Å². The Labute approximate surface area is 123 Å². The van der Waals surface area contributed by atoms with Crippen LogP contribution in [0.15, 0.2) is 18.2 Å². The van der Waals surface area contributed by atoms with Crippen LogP contribution in [0.2, 0.25) is 0 Å². The van der Waals surface area contributed by atoms with Gasteiger partial charge in [-0.1, -0.05) is 26.8 Å². The first-order chi connectivity index (χ1) is 9.27. The number of ether oxygens (including phenoxy) is 2. The van der Waals surface area contributed by atoms with E-state index >= 15 is 0 Å². The molecule has 1 aromatic carbocycles. The number of rotatable bonds is 6. The summed E-state index contributed by atoms with van der Waals surface area (Å²) in [7, 11) is 3.33. The van der Waals surface area contributed by atoms with Gasteiger partial charge in [-0.05, 0) is 43.4 Å². The van der Waals surface area contributed by atoms with E-state index in [0.717, 1.165) is 17.9 Å². The predicted octanol–water partition coefficient (Wildman–Crippen LogP) is 3.66. The number of methoxy groups -OCH3 is 2. The van der Waals surface area contributed by atoms with Gasteiger partial charge < -0.3 is 14.8 Å². The maximum absolute atomic E-state index is 5.35. The van der Waals surface area contributed by atoms with Gasteiger partial charge in [-0.25, -0.2) is 0 Å². The van der Waals surface area contributed by atoms with E-state index in [4.69, 9.17) is 9.47 Å². The fourth-order valence-electron chi connectivity index (χ4n) is 2.10. The normalized spacial score (nSPS) is 14.8. The molecule has 0 bridgehead atoms. The highest BCUT2D eigenvalue weighted by atomic mass is 16.5. The summed E-state index contributed by atoms with van der Waals surface area (Å²) in [6.07, 6.45) is 0.973. The van der Waals surface area contributed by atoms with Crippen LogP contribution in [0, 0.1) is 5.41 Å². The lowest BCUT2D eigenvalue weighted by Gasteiger charge is -2.31. The predicted molar refractivity (Wildman–Crippen MR) is 84.8 cm³/mol. The molecule has 1 rings (SSSR count). The third kappa shape index (κ3) is 4.71. The Morgan fingerprint density at radius 3 is 2.15 bits per heavy atom. The van der Waals surface area contributed by atoms with Crippen molar-refractivity contribution in [1.29, 1.82) is 0 Å². The molecule has 2 unspecified atom stereocenters. The number of nitrogens with one attached hydrogen (secondary N) is 1. The maximum Gasteiger partial charge on any atom is 0.160 e. The Hall–Kier alpha value is -1.22. The third-order valence-electron chi connectivity index (χ3n) is 3.82. The molecule has 114 valence electrons. The summed E-state index contributed by atoms with van der Waals surface area (Å²) in [5.41, 5.74) is 1.52. The van der Waals surface area contributed by atoms with E-state index in [-0.39, 0.29) is 5.41 Å².